The Balaban J connectivity index is 2.03. The summed E-state index contributed by atoms with van der Waals surface area (Å²) in [4.78, 5) is 41.6. The number of thioether (sulfide) groups is 1. The van der Waals surface area contributed by atoms with Crippen LogP contribution in [0.15, 0.2) is 23.1 Å². The molecule has 3 heterocycles. The number of hydrogen-bond donors (Lipinski definition) is 0. The van der Waals surface area contributed by atoms with E-state index in [1.807, 2.05) is 33.8 Å². The second-order valence-corrected chi connectivity index (χ2v) is 9.35. The molecule has 0 bridgehead atoms. The molecule has 8 heteroatoms. The van der Waals surface area contributed by atoms with Gasteiger partial charge in [-0.1, -0.05) is 30.1 Å². The standard InChI is InChI=1S/C21H20N2O4S2/c1-6-22-19(26)17(29-20(22)28)15-14-8-12(27-11(3)24)7-13-10(2)9-21(4,5)23(16(13)14)18(15)25/h7-9H,6H2,1-5H3. The summed E-state index contributed by atoms with van der Waals surface area (Å²) in [5.41, 5.74) is 2.89. The summed E-state index contributed by atoms with van der Waals surface area (Å²) >= 11 is 6.48. The highest BCUT2D eigenvalue weighted by Gasteiger charge is 2.48. The maximum Gasteiger partial charge on any atom is 0.308 e. The minimum atomic E-state index is -0.564. The summed E-state index contributed by atoms with van der Waals surface area (Å²) in [6.45, 7) is 9.50. The maximum atomic E-state index is 13.6. The van der Waals surface area contributed by atoms with Crippen molar-refractivity contribution in [3.63, 3.8) is 0 Å². The molecule has 3 aliphatic heterocycles. The van der Waals surface area contributed by atoms with Gasteiger partial charge in [0, 0.05) is 24.6 Å². The summed E-state index contributed by atoms with van der Waals surface area (Å²) in [6.07, 6.45) is 2.01. The highest BCUT2D eigenvalue weighted by atomic mass is 32.2. The average Bonchev–Trinajstić information content (AvgIpc) is 3.05. The van der Waals surface area contributed by atoms with Crippen LogP contribution in [0.5, 0.6) is 5.75 Å². The number of amides is 2. The van der Waals surface area contributed by atoms with Gasteiger partial charge in [-0.2, -0.15) is 0 Å². The van der Waals surface area contributed by atoms with Crippen molar-refractivity contribution in [2.75, 3.05) is 11.4 Å². The Morgan fingerprint density at radius 2 is 1.86 bits per heavy atom. The molecule has 0 unspecified atom stereocenters. The first-order valence-corrected chi connectivity index (χ1v) is 10.5. The molecule has 1 fully saturated rings. The van der Waals surface area contributed by atoms with Gasteiger partial charge in [0.1, 0.15) is 10.1 Å². The predicted octanol–water partition coefficient (Wildman–Crippen LogP) is 3.75. The number of carbonyl (C=O) groups is 3. The van der Waals surface area contributed by atoms with Crippen LogP contribution in [0, 0.1) is 0 Å². The molecule has 2 amide bonds. The van der Waals surface area contributed by atoms with Gasteiger partial charge in [0.25, 0.3) is 11.8 Å². The zero-order chi connectivity index (χ0) is 21.2. The smallest absolute Gasteiger partial charge is 0.308 e. The normalized spacial score (nSPS) is 22.2. The van der Waals surface area contributed by atoms with Gasteiger partial charge in [-0.05, 0) is 45.4 Å². The predicted molar refractivity (Wildman–Crippen MR) is 117 cm³/mol. The number of benzene rings is 1. The molecule has 0 atom stereocenters. The number of allylic oxidation sites excluding steroid dienone is 1. The molecule has 1 aromatic rings. The Morgan fingerprint density at radius 3 is 2.45 bits per heavy atom. The van der Waals surface area contributed by atoms with Crippen LogP contribution in [0.1, 0.15) is 45.7 Å². The van der Waals surface area contributed by atoms with Crippen molar-refractivity contribution >= 4 is 62.9 Å². The molecule has 150 valence electrons. The summed E-state index contributed by atoms with van der Waals surface area (Å²) in [5, 5.41) is 0. The fourth-order valence-electron chi connectivity index (χ4n) is 4.16. The van der Waals surface area contributed by atoms with E-state index in [0.29, 0.717) is 32.7 Å². The third-order valence-electron chi connectivity index (χ3n) is 5.22. The first kappa shape index (κ1) is 19.8. The van der Waals surface area contributed by atoms with Gasteiger partial charge < -0.3 is 4.74 Å². The number of likely N-dealkylation sites (N-methyl/N-ethyl adjacent to an activating group) is 1. The maximum absolute atomic E-state index is 13.6. The number of rotatable bonds is 2. The molecule has 0 N–H and O–H groups in total. The molecule has 0 saturated carbocycles. The number of hydrogen-bond acceptors (Lipinski definition) is 6. The number of esters is 1. The number of ether oxygens (including phenoxy) is 1. The zero-order valence-electron chi connectivity index (χ0n) is 16.8. The molecular formula is C21H20N2O4S2. The van der Waals surface area contributed by atoms with Crippen molar-refractivity contribution < 1.29 is 19.1 Å². The van der Waals surface area contributed by atoms with E-state index in [0.717, 1.165) is 28.6 Å². The van der Waals surface area contributed by atoms with Crippen molar-refractivity contribution in [1.29, 1.82) is 0 Å². The van der Waals surface area contributed by atoms with Crippen molar-refractivity contribution in [1.82, 2.24) is 4.90 Å². The fraction of sp³-hybridized carbons (Fsp3) is 0.333. The van der Waals surface area contributed by atoms with Crippen LogP contribution in [-0.4, -0.2) is 39.1 Å². The van der Waals surface area contributed by atoms with Crippen LogP contribution in [0.25, 0.3) is 11.1 Å². The molecule has 29 heavy (non-hydrogen) atoms. The molecule has 6 nitrogen and oxygen atoms in total. The van der Waals surface area contributed by atoms with Crippen LogP contribution in [0.3, 0.4) is 0 Å². The molecule has 4 rings (SSSR count). The van der Waals surface area contributed by atoms with E-state index >= 15 is 0 Å². The van der Waals surface area contributed by atoms with Gasteiger partial charge in [-0.25, -0.2) is 0 Å². The van der Waals surface area contributed by atoms with Gasteiger partial charge in [0.15, 0.2) is 0 Å². The fourth-order valence-corrected chi connectivity index (χ4v) is 5.61. The molecule has 0 radical (unpaired) electrons. The van der Waals surface area contributed by atoms with E-state index in [1.54, 1.807) is 17.0 Å². The van der Waals surface area contributed by atoms with E-state index in [-0.39, 0.29) is 11.8 Å². The van der Waals surface area contributed by atoms with Gasteiger partial charge >= 0.3 is 5.97 Å². The lowest BCUT2D eigenvalue weighted by Gasteiger charge is -2.38. The van der Waals surface area contributed by atoms with Crippen LogP contribution >= 0.6 is 24.0 Å². The SMILES string of the molecule is CCN1C(=O)C(=C2C(=O)N3c4c(cc(OC(C)=O)cc42)C(C)=CC3(C)C)SC1=S. The van der Waals surface area contributed by atoms with Crippen LogP contribution in [0.4, 0.5) is 5.69 Å². The minimum absolute atomic E-state index is 0.244. The van der Waals surface area contributed by atoms with Crippen molar-refractivity contribution in [3.05, 3.63) is 34.2 Å². The third-order valence-corrected chi connectivity index (χ3v) is 6.67. The van der Waals surface area contributed by atoms with Crippen LogP contribution < -0.4 is 9.64 Å². The van der Waals surface area contributed by atoms with Crippen LogP contribution in [0.2, 0.25) is 0 Å². The number of carbonyl (C=O) groups excluding carboxylic acids is 3. The molecule has 0 aromatic heterocycles. The first-order chi connectivity index (χ1) is 13.6. The molecular weight excluding hydrogens is 408 g/mol. The lowest BCUT2D eigenvalue weighted by molar-refractivity contribution is -0.132. The lowest BCUT2D eigenvalue weighted by Crippen LogP contribution is -2.46. The first-order valence-electron chi connectivity index (χ1n) is 9.26. The third kappa shape index (κ3) is 2.85. The second kappa shape index (κ2) is 6.53. The van der Waals surface area contributed by atoms with E-state index in [2.05, 4.69) is 0 Å². The summed E-state index contributed by atoms with van der Waals surface area (Å²) in [6, 6.07) is 3.43. The molecule has 0 spiro atoms. The molecule has 3 aliphatic rings. The Bertz CT molecular complexity index is 1080. The van der Waals surface area contributed by atoms with E-state index < -0.39 is 11.5 Å². The largest absolute Gasteiger partial charge is 0.427 e. The summed E-state index contributed by atoms with van der Waals surface area (Å²) in [7, 11) is 0. The quantitative estimate of drug-likeness (QED) is 0.309. The Hall–Kier alpha value is -2.45. The minimum Gasteiger partial charge on any atom is -0.427 e. The highest BCUT2D eigenvalue weighted by Crippen LogP contribution is 2.53. The van der Waals surface area contributed by atoms with Gasteiger partial charge in [-0.15, -0.1) is 0 Å². The lowest BCUT2D eigenvalue weighted by atomic mass is 9.89. The van der Waals surface area contributed by atoms with Crippen molar-refractivity contribution in [2.45, 2.75) is 40.2 Å². The van der Waals surface area contributed by atoms with Gasteiger partial charge in [0.05, 0.1) is 21.7 Å². The molecule has 1 saturated heterocycles. The number of nitrogens with zero attached hydrogens (tertiary/aromatic N) is 2. The Kier molecular flexibility index (Phi) is 4.47. The van der Waals surface area contributed by atoms with E-state index in [4.69, 9.17) is 17.0 Å². The molecule has 0 aliphatic carbocycles. The Morgan fingerprint density at radius 1 is 1.21 bits per heavy atom. The number of thiocarbonyl (C=S) groups is 1. The van der Waals surface area contributed by atoms with E-state index in [9.17, 15) is 14.4 Å². The zero-order valence-corrected chi connectivity index (χ0v) is 18.4. The number of anilines is 1. The molecule has 1 aromatic carbocycles. The van der Waals surface area contributed by atoms with Crippen LogP contribution in [-0.2, 0) is 14.4 Å². The van der Waals surface area contributed by atoms with Crippen molar-refractivity contribution in [2.24, 2.45) is 0 Å². The topological polar surface area (TPSA) is 66.9 Å². The van der Waals surface area contributed by atoms with Gasteiger partial charge in [0.2, 0.25) is 0 Å². The summed E-state index contributed by atoms with van der Waals surface area (Å²) < 4.78 is 5.77. The highest BCUT2D eigenvalue weighted by molar-refractivity contribution is 8.26. The van der Waals surface area contributed by atoms with Crippen molar-refractivity contribution in [3.8, 4) is 5.75 Å². The van der Waals surface area contributed by atoms with Gasteiger partial charge in [-0.3, -0.25) is 24.2 Å². The monoisotopic (exact) mass is 428 g/mol. The summed E-state index contributed by atoms with van der Waals surface area (Å²) in [5.74, 6) is -0.613. The second-order valence-electron chi connectivity index (χ2n) is 7.70. The average molecular weight is 429 g/mol. The van der Waals surface area contributed by atoms with E-state index in [1.165, 1.54) is 11.8 Å². The Labute approximate surface area is 178 Å².